The van der Waals surface area contributed by atoms with Gasteiger partial charge in [0.25, 0.3) is 5.91 Å². The van der Waals surface area contributed by atoms with E-state index in [0.29, 0.717) is 19.8 Å². The molecular formula is C20H22ClFN2O3. The van der Waals surface area contributed by atoms with E-state index in [1.165, 1.54) is 12.1 Å². The lowest BCUT2D eigenvalue weighted by Gasteiger charge is -2.35. The van der Waals surface area contributed by atoms with Crippen LogP contribution in [-0.2, 0) is 4.74 Å². The Hall–Kier alpha value is -2.15. The van der Waals surface area contributed by atoms with Crippen LogP contribution in [0.1, 0.15) is 22.0 Å². The number of rotatable bonds is 6. The van der Waals surface area contributed by atoms with Crippen LogP contribution in [0.25, 0.3) is 0 Å². The predicted octanol–water partition coefficient (Wildman–Crippen LogP) is 3.29. The van der Waals surface area contributed by atoms with Crippen molar-refractivity contribution in [3.05, 3.63) is 64.4 Å². The van der Waals surface area contributed by atoms with Crippen molar-refractivity contribution in [3.63, 3.8) is 0 Å². The molecule has 1 heterocycles. The van der Waals surface area contributed by atoms with Crippen LogP contribution in [0.4, 0.5) is 4.39 Å². The highest BCUT2D eigenvalue weighted by molar-refractivity contribution is 6.33. The first-order valence-electron chi connectivity index (χ1n) is 8.77. The average molecular weight is 393 g/mol. The monoisotopic (exact) mass is 392 g/mol. The summed E-state index contributed by atoms with van der Waals surface area (Å²) < 4.78 is 23.9. The maximum atomic E-state index is 13.2. The number of methoxy groups -OCH3 is 1. The summed E-state index contributed by atoms with van der Waals surface area (Å²) in [6, 6.07) is 11.5. The molecule has 1 N–H and O–H groups in total. The molecule has 2 aromatic carbocycles. The highest BCUT2D eigenvalue weighted by Crippen LogP contribution is 2.24. The molecule has 1 fully saturated rings. The van der Waals surface area contributed by atoms with Gasteiger partial charge in [-0.05, 0) is 35.9 Å². The van der Waals surface area contributed by atoms with Crippen LogP contribution in [0, 0.1) is 5.82 Å². The van der Waals surface area contributed by atoms with Gasteiger partial charge in [0.2, 0.25) is 0 Å². The number of carbonyl (C=O) groups is 1. The molecule has 1 aliphatic heterocycles. The second kappa shape index (κ2) is 9.17. The Bertz CT molecular complexity index is 779. The van der Waals surface area contributed by atoms with Crippen molar-refractivity contribution in [3.8, 4) is 5.75 Å². The Morgan fingerprint density at radius 3 is 2.59 bits per heavy atom. The van der Waals surface area contributed by atoms with Crippen LogP contribution in [0.2, 0.25) is 5.02 Å². The van der Waals surface area contributed by atoms with Crippen LogP contribution < -0.4 is 10.1 Å². The van der Waals surface area contributed by atoms with Gasteiger partial charge in [-0.2, -0.15) is 0 Å². The van der Waals surface area contributed by atoms with E-state index in [-0.39, 0.29) is 22.5 Å². The fourth-order valence-corrected chi connectivity index (χ4v) is 3.38. The van der Waals surface area contributed by atoms with Gasteiger partial charge in [0.1, 0.15) is 11.6 Å². The molecule has 3 rings (SSSR count). The summed E-state index contributed by atoms with van der Waals surface area (Å²) in [6.07, 6.45) is 0. The van der Waals surface area contributed by atoms with E-state index in [0.717, 1.165) is 30.5 Å². The number of nitrogens with zero attached hydrogens (tertiary/aromatic N) is 1. The number of hydrogen-bond acceptors (Lipinski definition) is 4. The third-order valence-corrected chi connectivity index (χ3v) is 4.93. The summed E-state index contributed by atoms with van der Waals surface area (Å²) in [5.41, 5.74) is 1.33. The van der Waals surface area contributed by atoms with Crippen molar-refractivity contribution < 1.29 is 18.7 Å². The number of carbonyl (C=O) groups excluding carboxylic acids is 1. The average Bonchev–Trinajstić information content (AvgIpc) is 2.69. The molecule has 0 saturated carbocycles. The third kappa shape index (κ3) is 4.97. The zero-order valence-corrected chi connectivity index (χ0v) is 15.8. The molecule has 144 valence electrons. The number of halogens is 2. The number of nitrogens with one attached hydrogen (secondary N) is 1. The zero-order chi connectivity index (χ0) is 19.2. The van der Waals surface area contributed by atoms with Crippen LogP contribution in [0.15, 0.2) is 42.5 Å². The van der Waals surface area contributed by atoms with Crippen molar-refractivity contribution in [2.24, 2.45) is 0 Å². The van der Waals surface area contributed by atoms with E-state index >= 15 is 0 Å². The Kier molecular flexibility index (Phi) is 6.66. The van der Waals surface area contributed by atoms with Crippen molar-refractivity contribution in [2.75, 3.05) is 40.0 Å². The Labute approximate surface area is 163 Å². The quantitative estimate of drug-likeness (QED) is 0.819. The molecule has 5 nitrogen and oxygen atoms in total. The second-order valence-electron chi connectivity index (χ2n) is 6.27. The van der Waals surface area contributed by atoms with Crippen LogP contribution in [0.5, 0.6) is 5.75 Å². The Morgan fingerprint density at radius 1 is 1.26 bits per heavy atom. The smallest absolute Gasteiger partial charge is 0.252 e. The molecular weight excluding hydrogens is 371 g/mol. The summed E-state index contributed by atoms with van der Waals surface area (Å²) >= 11 is 6.00. The highest BCUT2D eigenvalue weighted by atomic mass is 35.5. The van der Waals surface area contributed by atoms with E-state index in [9.17, 15) is 9.18 Å². The minimum absolute atomic E-state index is 0.0111. The Morgan fingerprint density at radius 2 is 1.96 bits per heavy atom. The van der Waals surface area contributed by atoms with Gasteiger partial charge in [0, 0.05) is 19.6 Å². The van der Waals surface area contributed by atoms with Crippen molar-refractivity contribution in [1.82, 2.24) is 10.2 Å². The van der Waals surface area contributed by atoms with Crippen LogP contribution in [-0.4, -0.2) is 50.8 Å². The van der Waals surface area contributed by atoms with Crippen LogP contribution >= 0.6 is 11.6 Å². The van der Waals surface area contributed by atoms with Gasteiger partial charge in [-0.1, -0.05) is 23.7 Å². The summed E-state index contributed by atoms with van der Waals surface area (Å²) in [5, 5.41) is 3.02. The first-order valence-corrected chi connectivity index (χ1v) is 9.15. The molecule has 0 aromatic heterocycles. The summed E-state index contributed by atoms with van der Waals surface area (Å²) in [6.45, 7) is 3.28. The molecule has 27 heavy (non-hydrogen) atoms. The second-order valence-corrected chi connectivity index (χ2v) is 6.68. The van der Waals surface area contributed by atoms with Crippen molar-refractivity contribution >= 4 is 17.5 Å². The number of benzene rings is 2. The van der Waals surface area contributed by atoms with Crippen LogP contribution in [0.3, 0.4) is 0 Å². The van der Waals surface area contributed by atoms with Gasteiger partial charge in [0.05, 0.1) is 37.0 Å². The van der Waals surface area contributed by atoms with Crippen molar-refractivity contribution in [2.45, 2.75) is 6.04 Å². The van der Waals surface area contributed by atoms with Gasteiger partial charge in [-0.3, -0.25) is 9.69 Å². The lowest BCUT2D eigenvalue weighted by molar-refractivity contribution is 0.0162. The fraction of sp³-hybridized carbons (Fsp3) is 0.350. The molecule has 1 atom stereocenters. The van der Waals surface area contributed by atoms with E-state index in [4.69, 9.17) is 21.1 Å². The molecule has 2 aromatic rings. The lowest BCUT2D eigenvalue weighted by atomic mass is 10.0. The number of morpholine rings is 1. The summed E-state index contributed by atoms with van der Waals surface area (Å²) in [5.74, 6) is -0.0191. The molecule has 0 aliphatic carbocycles. The molecule has 1 saturated heterocycles. The molecule has 7 heteroatoms. The van der Waals surface area contributed by atoms with E-state index in [1.54, 1.807) is 7.11 Å². The lowest BCUT2D eigenvalue weighted by Crippen LogP contribution is -2.43. The third-order valence-electron chi connectivity index (χ3n) is 4.62. The molecule has 0 bridgehead atoms. The van der Waals surface area contributed by atoms with E-state index < -0.39 is 5.82 Å². The topological polar surface area (TPSA) is 50.8 Å². The zero-order valence-electron chi connectivity index (χ0n) is 15.1. The van der Waals surface area contributed by atoms with Gasteiger partial charge >= 0.3 is 0 Å². The fourth-order valence-electron chi connectivity index (χ4n) is 3.13. The first kappa shape index (κ1) is 19.6. The van der Waals surface area contributed by atoms with E-state index in [1.807, 2.05) is 24.3 Å². The van der Waals surface area contributed by atoms with Crippen molar-refractivity contribution in [1.29, 1.82) is 0 Å². The van der Waals surface area contributed by atoms with Gasteiger partial charge in [-0.15, -0.1) is 0 Å². The van der Waals surface area contributed by atoms with Gasteiger partial charge < -0.3 is 14.8 Å². The maximum Gasteiger partial charge on any atom is 0.252 e. The highest BCUT2D eigenvalue weighted by Gasteiger charge is 2.24. The maximum absolute atomic E-state index is 13.2. The molecule has 1 amide bonds. The van der Waals surface area contributed by atoms with Gasteiger partial charge in [0.15, 0.2) is 0 Å². The minimum atomic E-state index is -0.471. The van der Waals surface area contributed by atoms with Gasteiger partial charge in [-0.25, -0.2) is 4.39 Å². The molecule has 0 radical (unpaired) electrons. The summed E-state index contributed by atoms with van der Waals surface area (Å²) in [7, 11) is 1.63. The molecule has 0 unspecified atom stereocenters. The predicted molar refractivity (Wildman–Crippen MR) is 102 cm³/mol. The normalized spacial score (nSPS) is 16.0. The number of hydrogen-bond donors (Lipinski definition) is 1. The first-order chi connectivity index (χ1) is 13.1. The number of ether oxygens (including phenoxy) is 2. The molecule has 0 spiro atoms. The summed E-state index contributed by atoms with van der Waals surface area (Å²) in [4.78, 5) is 14.8. The number of amides is 1. The minimum Gasteiger partial charge on any atom is -0.497 e. The standard InChI is InChI=1S/C20H22ClFN2O3/c1-26-16-5-2-14(3-6-16)19(24-8-10-27-11-9-24)13-23-20(25)17-7-4-15(22)12-18(17)21/h2-7,12,19H,8-11,13H2,1H3,(H,23,25)/t19-/m0/s1. The Balaban J connectivity index is 1.75. The van der Waals surface area contributed by atoms with E-state index in [2.05, 4.69) is 10.2 Å². The SMILES string of the molecule is COc1ccc([C@H](CNC(=O)c2ccc(F)cc2Cl)N2CCOCC2)cc1. The molecule has 1 aliphatic rings. The largest absolute Gasteiger partial charge is 0.497 e.